The lowest BCUT2D eigenvalue weighted by atomic mass is 10.0. The number of hydrogen-bond donors (Lipinski definition) is 1. The minimum absolute atomic E-state index is 0.0905. The van der Waals surface area contributed by atoms with E-state index < -0.39 is 16.0 Å². The molecule has 126 valence electrons. The SMILES string of the molecule is CC1CCCCN1C(=O)COC(=O)c1ccc(S(N)(=O)=O)cc1. The maximum Gasteiger partial charge on any atom is 0.338 e. The van der Waals surface area contributed by atoms with E-state index in [0.717, 1.165) is 19.3 Å². The average Bonchev–Trinajstić information content (AvgIpc) is 2.52. The molecule has 1 saturated heterocycles. The highest BCUT2D eigenvalue weighted by Gasteiger charge is 2.24. The van der Waals surface area contributed by atoms with Gasteiger partial charge in [0, 0.05) is 12.6 Å². The number of likely N-dealkylation sites (tertiary alicyclic amines) is 1. The first-order valence-corrected chi connectivity index (χ1v) is 8.93. The number of nitrogens with two attached hydrogens (primary N) is 1. The summed E-state index contributed by atoms with van der Waals surface area (Å²) >= 11 is 0. The summed E-state index contributed by atoms with van der Waals surface area (Å²) in [7, 11) is -3.80. The number of amides is 1. The fourth-order valence-corrected chi connectivity index (χ4v) is 3.06. The molecule has 1 aromatic rings. The Balaban J connectivity index is 1.93. The highest BCUT2D eigenvalue weighted by atomic mass is 32.2. The van der Waals surface area contributed by atoms with Crippen LogP contribution in [0.2, 0.25) is 0 Å². The summed E-state index contributed by atoms with van der Waals surface area (Å²) in [6, 6.07) is 5.21. The van der Waals surface area contributed by atoms with E-state index in [1.165, 1.54) is 24.3 Å². The van der Waals surface area contributed by atoms with Crippen molar-refractivity contribution in [2.75, 3.05) is 13.2 Å². The third-order valence-electron chi connectivity index (χ3n) is 3.87. The summed E-state index contributed by atoms with van der Waals surface area (Å²) in [6.07, 6.45) is 3.01. The summed E-state index contributed by atoms with van der Waals surface area (Å²) < 4.78 is 27.3. The summed E-state index contributed by atoms with van der Waals surface area (Å²) in [5.41, 5.74) is 0.164. The molecule has 1 aromatic carbocycles. The predicted octanol–water partition coefficient (Wildman–Crippen LogP) is 0.892. The van der Waals surface area contributed by atoms with E-state index in [0.29, 0.717) is 6.54 Å². The number of carbonyl (C=O) groups is 2. The monoisotopic (exact) mass is 340 g/mol. The van der Waals surface area contributed by atoms with E-state index in [1.54, 1.807) is 4.90 Å². The lowest BCUT2D eigenvalue weighted by Gasteiger charge is -2.33. The van der Waals surface area contributed by atoms with Crippen LogP contribution < -0.4 is 5.14 Å². The van der Waals surface area contributed by atoms with Crippen LogP contribution in [0.25, 0.3) is 0 Å². The zero-order chi connectivity index (χ0) is 17.0. The van der Waals surface area contributed by atoms with Crippen LogP contribution in [-0.2, 0) is 19.6 Å². The Bertz CT molecular complexity index is 684. The standard InChI is InChI=1S/C15H20N2O5S/c1-11-4-2-3-9-17(11)14(18)10-22-15(19)12-5-7-13(8-6-12)23(16,20)21/h5-8,11H,2-4,9-10H2,1H3,(H2,16,20,21). The highest BCUT2D eigenvalue weighted by molar-refractivity contribution is 7.89. The smallest absolute Gasteiger partial charge is 0.338 e. The number of rotatable bonds is 4. The maximum absolute atomic E-state index is 12.1. The largest absolute Gasteiger partial charge is 0.452 e. The molecule has 1 heterocycles. The van der Waals surface area contributed by atoms with Gasteiger partial charge in [-0.15, -0.1) is 0 Å². The third kappa shape index (κ3) is 4.52. The molecule has 2 N–H and O–H groups in total. The van der Waals surface area contributed by atoms with Gasteiger partial charge < -0.3 is 9.64 Å². The summed E-state index contributed by atoms with van der Waals surface area (Å²) in [4.78, 5) is 25.6. The van der Waals surface area contributed by atoms with Gasteiger partial charge in [-0.25, -0.2) is 18.4 Å². The van der Waals surface area contributed by atoms with Gasteiger partial charge in [-0.05, 0) is 50.5 Å². The number of ether oxygens (including phenoxy) is 1. The second-order valence-corrected chi connectivity index (χ2v) is 7.14. The quantitative estimate of drug-likeness (QED) is 0.819. The zero-order valence-electron chi connectivity index (χ0n) is 12.9. The van der Waals surface area contributed by atoms with Crippen molar-refractivity contribution >= 4 is 21.9 Å². The van der Waals surface area contributed by atoms with Gasteiger partial charge >= 0.3 is 5.97 Å². The van der Waals surface area contributed by atoms with Gasteiger partial charge in [0.05, 0.1) is 10.5 Å². The Morgan fingerprint density at radius 3 is 2.48 bits per heavy atom. The second-order valence-electron chi connectivity index (χ2n) is 5.58. The van der Waals surface area contributed by atoms with Gasteiger partial charge in [0.1, 0.15) is 0 Å². The Hall–Kier alpha value is -1.93. The van der Waals surface area contributed by atoms with Gasteiger partial charge in [-0.2, -0.15) is 0 Å². The molecule has 0 bridgehead atoms. The number of benzene rings is 1. The van der Waals surface area contributed by atoms with Crippen molar-refractivity contribution in [3.8, 4) is 0 Å². The molecule has 23 heavy (non-hydrogen) atoms. The summed E-state index contributed by atoms with van der Waals surface area (Å²) in [5, 5.41) is 4.98. The molecule has 0 aliphatic carbocycles. The average molecular weight is 340 g/mol. The molecule has 8 heteroatoms. The van der Waals surface area contributed by atoms with Crippen LogP contribution >= 0.6 is 0 Å². The molecule has 1 amide bonds. The molecule has 1 unspecified atom stereocenters. The molecule has 2 rings (SSSR count). The van der Waals surface area contributed by atoms with Crippen molar-refractivity contribution < 1.29 is 22.7 Å². The molecule has 1 aliphatic heterocycles. The maximum atomic E-state index is 12.1. The predicted molar refractivity (Wildman–Crippen MR) is 83.1 cm³/mol. The molecule has 0 spiro atoms. The Morgan fingerprint density at radius 1 is 1.26 bits per heavy atom. The third-order valence-corrected chi connectivity index (χ3v) is 4.80. The van der Waals surface area contributed by atoms with Crippen LogP contribution in [0.5, 0.6) is 0 Å². The molecular weight excluding hydrogens is 320 g/mol. The van der Waals surface area contributed by atoms with Gasteiger partial charge in [-0.3, -0.25) is 4.79 Å². The molecule has 0 saturated carbocycles. The summed E-state index contributed by atoms with van der Waals surface area (Å²) in [6.45, 7) is 2.34. The van der Waals surface area contributed by atoms with Gasteiger partial charge in [0.2, 0.25) is 10.0 Å². The fourth-order valence-electron chi connectivity index (χ4n) is 2.54. The topological polar surface area (TPSA) is 107 Å². The van der Waals surface area contributed by atoms with Crippen LogP contribution in [0.4, 0.5) is 0 Å². The van der Waals surface area contributed by atoms with E-state index in [4.69, 9.17) is 9.88 Å². The number of carbonyl (C=O) groups excluding carboxylic acids is 2. The van der Waals surface area contributed by atoms with Crippen molar-refractivity contribution in [1.29, 1.82) is 0 Å². The Labute approximate surface area is 135 Å². The molecule has 1 atom stereocenters. The lowest BCUT2D eigenvalue weighted by Crippen LogP contribution is -2.44. The van der Waals surface area contributed by atoms with Gasteiger partial charge in [-0.1, -0.05) is 0 Å². The van der Waals surface area contributed by atoms with E-state index >= 15 is 0 Å². The molecule has 0 aromatic heterocycles. The number of primary sulfonamides is 1. The molecule has 1 aliphatic rings. The summed E-state index contributed by atoms with van der Waals surface area (Å²) in [5.74, 6) is -0.893. The van der Waals surface area contributed by atoms with E-state index in [-0.39, 0.29) is 29.0 Å². The first-order valence-electron chi connectivity index (χ1n) is 7.38. The van der Waals surface area contributed by atoms with Crippen molar-refractivity contribution in [2.24, 2.45) is 5.14 Å². The van der Waals surface area contributed by atoms with E-state index in [2.05, 4.69) is 0 Å². The van der Waals surface area contributed by atoms with Crippen molar-refractivity contribution in [2.45, 2.75) is 37.1 Å². The van der Waals surface area contributed by atoms with Crippen molar-refractivity contribution in [3.05, 3.63) is 29.8 Å². The second kappa shape index (κ2) is 7.10. The normalized spacial score (nSPS) is 18.5. The molecule has 1 fully saturated rings. The van der Waals surface area contributed by atoms with Crippen LogP contribution in [-0.4, -0.2) is 44.4 Å². The fraction of sp³-hybridized carbons (Fsp3) is 0.467. The van der Waals surface area contributed by atoms with Crippen molar-refractivity contribution in [1.82, 2.24) is 4.90 Å². The number of esters is 1. The molecule has 0 radical (unpaired) electrons. The van der Waals surface area contributed by atoms with Crippen LogP contribution in [0, 0.1) is 0 Å². The van der Waals surface area contributed by atoms with E-state index in [1.807, 2.05) is 6.92 Å². The number of piperidine rings is 1. The lowest BCUT2D eigenvalue weighted by molar-refractivity contribution is -0.137. The molecular formula is C15H20N2O5S. The Morgan fingerprint density at radius 2 is 1.91 bits per heavy atom. The number of hydrogen-bond acceptors (Lipinski definition) is 5. The zero-order valence-corrected chi connectivity index (χ0v) is 13.7. The minimum Gasteiger partial charge on any atom is -0.452 e. The number of sulfonamides is 1. The van der Waals surface area contributed by atoms with E-state index in [9.17, 15) is 18.0 Å². The highest BCUT2D eigenvalue weighted by Crippen LogP contribution is 2.16. The van der Waals surface area contributed by atoms with Gasteiger partial charge in [0.25, 0.3) is 5.91 Å². The first-order chi connectivity index (χ1) is 10.8. The van der Waals surface area contributed by atoms with Crippen molar-refractivity contribution in [3.63, 3.8) is 0 Å². The van der Waals surface area contributed by atoms with Gasteiger partial charge in [0.15, 0.2) is 6.61 Å². The minimum atomic E-state index is -3.80. The van der Waals surface area contributed by atoms with Crippen LogP contribution in [0.1, 0.15) is 36.5 Å². The first kappa shape index (κ1) is 17.4. The Kier molecular flexibility index (Phi) is 5.38. The molecule has 7 nitrogen and oxygen atoms in total. The van der Waals surface area contributed by atoms with Crippen LogP contribution in [0.15, 0.2) is 29.2 Å². The number of nitrogens with zero attached hydrogens (tertiary/aromatic N) is 1. The van der Waals surface area contributed by atoms with Crippen LogP contribution in [0.3, 0.4) is 0 Å².